The van der Waals surface area contributed by atoms with Gasteiger partial charge in [0.2, 0.25) is 11.1 Å². The number of fused-ring (bicyclic) bond motifs is 2. The summed E-state index contributed by atoms with van der Waals surface area (Å²) in [7, 11) is 0. The summed E-state index contributed by atoms with van der Waals surface area (Å²) >= 11 is 15.1. The molecule has 1 N–H and O–H groups in total. The van der Waals surface area contributed by atoms with E-state index in [4.69, 9.17) is 34.8 Å². The van der Waals surface area contributed by atoms with Gasteiger partial charge >= 0.3 is 0 Å². The second kappa shape index (κ2) is 16.0. The fourth-order valence-electron chi connectivity index (χ4n) is 3.28. The number of anilines is 2. The zero-order valence-electron chi connectivity index (χ0n) is 16.2. The van der Waals surface area contributed by atoms with Crippen molar-refractivity contribution in [3.8, 4) is 0 Å². The lowest BCUT2D eigenvalue weighted by molar-refractivity contribution is -0.116. The van der Waals surface area contributed by atoms with Gasteiger partial charge in [0.15, 0.2) is 0 Å². The quantitative estimate of drug-likeness (QED) is 0.388. The van der Waals surface area contributed by atoms with E-state index in [1.807, 2.05) is 18.2 Å². The Bertz CT molecular complexity index is 790. The summed E-state index contributed by atoms with van der Waals surface area (Å²) in [5.74, 6) is -0.0330. The fraction of sp³-hybridized carbons (Fsp3) is 0.417. The van der Waals surface area contributed by atoms with Gasteiger partial charge in [0.25, 0.3) is 0 Å². The molecule has 4 nitrogen and oxygen atoms in total. The first kappa shape index (κ1) is 29.2. The Kier molecular flexibility index (Phi) is 15.1. The lowest BCUT2D eigenvalue weighted by Crippen LogP contribution is -2.36. The summed E-state index contributed by atoms with van der Waals surface area (Å²) in [6, 6.07) is 16.5. The minimum atomic E-state index is -0.508. The first-order valence-corrected chi connectivity index (χ1v) is 11.0. The highest BCUT2D eigenvalue weighted by Crippen LogP contribution is 2.26. The lowest BCUT2D eigenvalue weighted by atomic mass is 10.0. The van der Waals surface area contributed by atoms with Crippen LogP contribution in [-0.4, -0.2) is 36.0 Å². The van der Waals surface area contributed by atoms with Crippen LogP contribution in [0.1, 0.15) is 38.8 Å². The molecule has 0 aromatic heterocycles. The predicted octanol–water partition coefficient (Wildman–Crippen LogP) is 6.51. The molecule has 2 heterocycles. The van der Waals surface area contributed by atoms with Gasteiger partial charge in [-0.05, 0) is 60.5 Å². The molecule has 0 saturated carbocycles. The third kappa shape index (κ3) is 9.51. The van der Waals surface area contributed by atoms with Crippen LogP contribution < -0.4 is 10.2 Å². The highest BCUT2D eigenvalue weighted by molar-refractivity contribution is 6.67. The Morgan fingerprint density at radius 3 is 2.06 bits per heavy atom. The smallest absolute Gasteiger partial charge is 0.241 e. The summed E-state index contributed by atoms with van der Waals surface area (Å²) in [5.41, 5.74) is 5.07. The van der Waals surface area contributed by atoms with Crippen LogP contribution in [0.5, 0.6) is 0 Å². The molecule has 0 aliphatic carbocycles. The number of amides is 1. The predicted molar refractivity (Wildman–Crippen MR) is 136 cm³/mol. The number of carbonyl (C=O) groups excluding carboxylic acids is 2. The molecule has 0 bridgehead atoms. The van der Waals surface area contributed by atoms with Gasteiger partial charge in [-0.25, -0.2) is 0 Å². The van der Waals surface area contributed by atoms with E-state index < -0.39 is 5.24 Å². The van der Waals surface area contributed by atoms with Crippen molar-refractivity contribution in [3.05, 3.63) is 59.7 Å². The normalized spacial score (nSPS) is 13.1. The van der Waals surface area contributed by atoms with Gasteiger partial charge in [-0.3, -0.25) is 9.59 Å². The van der Waals surface area contributed by atoms with E-state index in [0.29, 0.717) is 0 Å². The van der Waals surface area contributed by atoms with Crippen molar-refractivity contribution >= 4 is 57.3 Å². The SMILES string of the molecule is C.C.O=C(CCl)N1CCCc2ccccc21.O=C(Cl)CCl.c1ccc2c(c1)CCCN2. The Labute approximate surface area is 201 Å². The second-order valence-electron chi connectivity index (χ2n) is 6.59. The van der Waals surface area contributed by atoms with Crippen LogP contribution >= 0.6 is 34.8 Å². The topological polar surface area (TPSA) is 49.4 Å². The van der Waals surface area contributed by atoms with Crippen molar-refractivity contribution in [1.29, 1.82) is 0 Å². The van der Waals surface area contributed by atoms with Crippen LogP contribution in [0, 0.1) is 0 Å². The molecule has 0 fully saturated rings. The number of rotatable bonds is 2. The molecular formula is C24H33Cl3N2O2. The Balaban J connectivity index is 0.000000468. The molecule has 4 rings (SSSR count). The molecule has 2 aliphatic heterocycles. The van der Waals surface area contributed by atoms with Crippen molar-refractivity contribution in [3.63, 3.8) is 0 Å². The van der Waals surface area contributed by atoms with E-state index in [0.717, 1.165) is 31.6 Å². The van der Waals surface area contributed by atoms with Gasteiger partial charge in [0, 0.05) is 24.5 Å². The minimum absolute atomic E-state index is 0. The highest BCUT2D eigenvalue weighted by Gasteiger charge is 2.20. The largest absolute Gasteiger partial charge is 0.385 e. The molecule has 2 aromatic rings. The third-order valence-electron chi connectivity index (χ3n) is 4.59. The van der Waals surface area contributed by atoms with Gasteiger partial charge in [-0.15, -0.1) is 23.2 Å². The van der Waals surface area contributed by atoms with Gasteiger partial charge in [0.1, 0.15) is 5.88 Å². The number of hydrogen-bond acceptors (Lipinski definition) is 3. The van der Waals surface area contributed by atoms with E-state index >= 15 is 0 Å². The third-order valence-corrected chi connectivity index (χ3v) is 5.33. The van der Waals surface area contributed by atoms with E-state index in [1.165, 1.54) is 29.7 Å². The summed E-state index contributed by atoms with van der Waals surface area (Å²) in [4.78, 5) is 22.8. The zero-order valence-corrected chi connectivity index (χ0v) is 18.4. The molecule has 0 atom stereocenters. The Morgan fingerprint density at radius 1 is 0.871 bits per heavy atom. The number of nitrogens with one attached hydrogen (secondary N) is 1. The second-order valence-corrected chi connectivity index (χ2v) is 7.54. The number of carbonyl (C=O) groups is 2. The van der Waals surface area contributed by atoms with Gasteiger partial charge in [-0.1, -0.05) is 51.3 Å². The lowest BCUT2D eigenvalue weighted by Gasteiger charge is -2.28. The van der Waals surface area contributed by atoms with Crippen LogP contribution in [0.3, 0.4) is 0 Å². The first-order valence-electron chi connectivity index (χ1n) is 9.57. The summed E-state index contributed by atoms with van der Waals surface area (Å²) in [6.45, 7) is 1.93. The maximum absolute atomic E-state index is 11.5. The number of para-hydroxylation sites is 2. The molecule has 31 heavy (non-hydrogen) atoms. The number of nitrogens with zero attached hydrogens (tertiary/aromatic N) is 1. The number of halogens is 3. The van der Waals surface area contributed by atoms with Crippen molar-refractivity contribution in [2.45, 2.75) is 40.5 Å². The van der Waals surface area contributed by atoms with E-state index in [9.17, 15) is 9.59 Å². The number of hydrogen-bond donors (Lipinski definition) is 1. The maximum atomic E-state index is 11.5. The summed E-state index contributed by atoms with van der Waals surface area (Å²) < 4.78 is 0. The van der Waals surface area contributed by atoms with Crippen molar-refractivity contribution < 1.29 is 9.59 Å². The molecule has 0 unspecified atom stereocenters. The highest BCUT2D eigenvalue weighted by atomic mass is 35.5. The summed E-state index contributed by atoms with van der Waals surface area (Å²) in [6.07, 6.45) is 4.60. The van der Waals surface area contributed by atoms with Crippen molar-refractivity contribution in [1.82, 2.24) is 0 Å². The number of alkyl halides is 2. The first-order chi connectivity index (χ1) is 14.1. The average molecular weight is 488 g/mol. The molecule has 2 aromatic carbocycles. The standard InChI is InChI=1S/C11H12ClNO.C9H11N.C2H2Cl2O.2CH4/c12-8-11(14)13-7-3-5-9-4-1-2-6-10(9)13;1-2-6-9-8(4-1)5-3-7-10-9;3-1-2(4)5;;/h1-2,4,6H,3,5,7-8H2;1-2,4,6,10H,3,5,7H2;1H2;2*1H4. The molecule has 0 radical (unpaired) electrons. The average Bonchev–Trinajstić information content (AvgIpc) is 2.79. The number of benzene rings is 2. The Hall–Kier alpha value is -1.75. The van der Waals surface area contributed by atoms with Crippen LogP contribution in [0.4, 0.5) is 11.4 Å². The molecule has 1 amide bonds. The van der Waals surface area contributed by atoms with Crippen LogP contribution in [-0.2, 0) is 22.4 Å². The zero-order chi connectivity index (χ0) is 21.1. The van der Waals surface area contributed by atoms with E-state index in [2.05, 4.69) is 35.6 Å². The summed E-state index contributed by atoms with van der Waals surface area (Å²) in [5, 5.41) is 2.85. The van der Waals surface area contributed by atoms with Gasteiger partial charge in [0.05, 0.1) is 5.88 Å². The van der Waals surface area contributed by atoms with E-state index in [-0.39, 0.29) is 32.5 Å². The van der Waals surface area contributed by atoms with Crippen molar-refractivity contribution in [2.24, 2.45) is 0 Å². The van der Waals surface area contributed by atoms with E-state index in [1.54, 1.807) is 4.90 Å². The van der Waals surface area contributed by atoms with Crippen LogP contribution in [0.15, 0.2) is 48.5 Å². The van der Waals surface area contributed by atoms with Crippen molar-refractivity contribution in [2.75, 3.05) is 35.1 Å². The minimum Gasteiger partial charge on any atom is -0.385 e. The monoisotopic (exact) mass is 486 g/mol. The molecule has 172 valence electrons. The van der Waals surface area contributed by atoms with Gasteiger partial charge < -0.3 is 10.2 Å². The molecule has 0 saturated heterocycles. The molecule has 0 spiro atoms. The molecule has 7 heteroatoms. The molecule has 2 aliphatic rings. The number of aryl methyl sites for hydroxylation is 2. The molecular weight excluding hydrogens is 455 g/mol. The maximum Gasteiger partial charge on any atom is 0.241 e. The van der Waals surface area contributed by atoms with Crippen LogP contribution in [0.25, 0.3) is 0 Å². The van der Waals surface area contributed by atoms with Gasteiger partial charge in [-0.2, -0.15) is 0 Å². The van der Waals surface area contributed by atoms with Crippen LogP contribution in [0.2, 0.25) is 0 Å². The Morgan fingerprint density at radius 2 is 1.45 bits per heavy atom. The fourth-order valence-corrected chi connectivity index (χ4v) is 3.42.